The molecule has 0 aliphatic rings. The Labute approximate surface area is 159 Å². The summed E-state index contributed by atoms with van der Waals surface area (Å²) in [4.78, 5) is 37.8. The molecule has 0 aliphatic carbocycles. The van der Waals surface area contributed by atoms with Crippen LogP contribution < -0.4 is 10.6 Å². The highest BCUT2D eigenvalue weighted by molar-refractivity contribution is 5.95. The van der Waals surface area contributed by atoms with Crippen molar-refractivity contribution in [2.75, 3.05) is 18.4 Å². The van der Waals surface area contributed by atoms with Crippen molar-refractivity contribution in [1.29, 1.82) is 0 Å². The fraction of sp³-hybridized carbons (Fsp3) is 0.286. The van der Waals surface area contributed by atoms with Gasteiger partial charge in [-0.25, -0.2) is 0 Å². The first-order chi connectivity index (χ1) is 13.0. The molecule has 0 spiro atoms. The Bertz CT molecular complexity index is 790. The third kappa shape index (κ3) is 6.93. The van der Waals surface area contributed by atoms with Crippen LogP contribution in [0, 0.1) is 6.92 Å². The molecule has 2 aromatic rings. The van der Waals surface area contributed by atoms with E-state index >= 15 is 0 Å². The van der Waals surface area contributed by atoms with Crippen molar-refractivity contribution in [2.24, 2.45) is 0 Å². The average Bonchev–Trinajstić information content (AvgIpc) is 2.66. The van der Waals surface area contributed by atoms with Gasteiger partial charge in [-0.15, -0.1) is 0 Å². The smallest absolute Gasteiger partial charge is 0.243 e. The largest absolute Gasteiger partial charge is 0.345 e. The lowest BCUT2D eigenvalue weighted by Crippen LogP contribution is -2.42. The Balaban J connectivity index is 1.85. The predicted molar refractivity (Wildman–Crippen MR) is 105 cm³/mol. The molecule has 0 aliphatic heterocycles. The van der Waals surface area contributed by atoms with Crippen LogP contribution in [0.1, 0.15) is 24.5 Å². The van der Waals surface area contributed by atoms with Gasteiger partial charge < -0.3 is 15.5 Å². The molecule has 2 rings (SSSR count). The Hall–Kier alpha value is -3.15. The SMILES string of the molecule is CCC(=O)N(CC(=O)NCC(=O)Nc1cccc(C)c1)Cc1ccccc1. The average molecular weight is 367 g/mol. The van der Waals surface area contributed by atoms with Gasteiger partial charge in [-0.3, -0.25) is 14.4 Å². The fourth-order valence-corrected chi connectivity index (χ4v) is 2.60. The van der Waals surface area contributed by atoms with Crippen LogP contribution in [0.2, 0.25) is 0 Å². The zero-order valence-electron chi connectivity index (χ0n) is 15.7. The standard InChI is InChI=1S/C21H25N3O3/c1-3-21(27)24(14-17-9-5-4-6-10-17)15-20(26)22-13-19(25)23-18-11-7-8-16(2)12-18/h4-12H,3,13-15H2,1-2H3,(H,22,26)(H,23,25). The minimum atomic E-state index is -0.368. The van der Waals surface area contributed by atoms with E-state index in [1.807, 2.05) is 55.5 Å². The number of rotatable bonds is 8. The number of carbonyl (C=O) groups is 3. The molecule has 6 nitrogen and oxygen atoms in total. The molecule has 0 unspecified atom stereocenters. The molecule has 6 heteroatoms. The molecule has 142 valence electrons. The van der Waals surface area contributed by atoms with Gasteiger partial charge in [0.15, 0.2) is 0 Å². The fourth-order valence-electron chi connectivity index (χ4n) is 2.60. The molecule has 27 heavy (non-hydrogen) atoms. The first-order valence-corrected chi connectivity index (χ1v) is 8.93. The van der Waals surface area contributed by atoms with Crippen molar-refractivity contribution in [3.8, 4) is 0 Å². The van der Waals surface area contributed by atoms with Gasteiger partial charge in [0.1, 0.15) is 0 Å². The maximum atomic E-state index is 12.2. The van der Waals surface area contributed by atoms with Crippen molar-refractivity contribution in [1.82, 2.24) is 10.2 Å². The molecule has 0 fully saturated rings. The number of hydrogen-bond donors (Lipinski definition) is 2. The van der Waals surface area contributed by atoms with Crippen molar-refractivity contribution >= 4 is 23.4 Å². The normalized spacial score (nSPS) is 10.1. The highest BCUT2D eigenvalue weighted by Gasteiger charge is 2.16. The Morgan fingerprint density at radius 1 is 0.963 bits per heavy atom. The van der Waals surface area contributed by atoms with E-state index in [1.165, 1.54) is 4.90 Å². The molecule has 0 atom stereocenters. The van der Waals surface area contributed by atoms with E-state index in [0.717, 1.165) is 11.1 Å². The molecule has 3 amide bonds. The second-order valence-electron chi connectivity index (χ2n) is 6.28. The monoisotopic (exact) mass is 367 g/mol. The Morgan fingerprint density at radius 2 is 1.70 bits per heavy atom. The third-order valence-electron chi connectivity index (χ3n) is 3.95. The van der Waals surface area contributed by atoms with E-state index in [4.69, 9.17) is 0 Å². The van der Waals surface area contributed by atoms with Gasteiger partial charge >= 0.3 is 0 Å². The molecule has 0 aromatic heterocycles. The molecule has 0 heterocycles. The van der Waals surface area contributed by atoms with Crippen molar-refractivity contribution in [3.63, 3.8) is 0 Å². The first kappa shape index (κ1) is 20.2. The zero-order chi connectivity index (χ0) is 19.6. The summed E-state index contributed by atoms with van der Waals surface area (Å²) in [5.41, 5.74) is 2.66. The van der Waals surface area contributed by atoms with Gasteiger partial charge in [0.25, 0.3) is 0 Å². The molecule has 2 aromatic carbocycles. The van der Waals surface area contributed by atoms with Crippen molar-refractivity contribution < 1.29 is 14.4 Å². The lowest BCUT2D eigenvalue weighted by atomic mass is 10.2. The van der Waals surface area contributed by atoms with Crippen LogP contribution in [0.3, 0.4) is 0 Å². The van der Waals surface area contributed by atoms with E-state index in [2.05, 4.69) is 10.6 Å². The van der Waals surface area contributed by atoms with Gasteiger partial charge in [0.2, 0.25) is 17.7 Å². The summed E-state index contributed by atoms with van der Waals surface area (Å²) in [6.07, 6.45) is 0.313. The minimum Gasteiger partial charge on any atom is -0.345 e. The first-order valence-electron chi connectivity index (χ1n) is 8.93. The van der Waals surface area contributed by atoms with Crippen molar-refractivity contribution in [3.05, 3.63) is 65.7 Å². The summed E-state index contributed by atoms with van der Waals surface area (Å²) in [7, 11) is 0. The Morgan fingerprint density at radius 3 is 2.37 bits per heavy atom. The van der Waals surface area contributed by atoms with Gasteiger partial charge in [0, 0.05) is 18.7 Å². The highest BCUT2D eigenvalue weighted by atomic mass is 16.2. The van der Waals surface area contributed by atoms with Crippen LogP contribution in [-0.2, 0) is 20.9 Å². The van der Waals surface area contributed by atoms with Crippen molar-refractivity contribution in [2.45, 2.75) is 26.8 Å². The maximum Gasteiger partial charge on any atom is 0.243 e. The molecule has 0 bridgehead atoms. The lowest BCUT2D eigenvalue weighted by Gasteiger charge is -2.21. The van der Waals surface area contributed by atoms with E-state index in [9.17, 15) is 14.4 Å². The van der Waals surface area contributed by atoms with Crippen LogP contribution in [0.15, 0.2) is 54.6 Å². The van der Waals surface area contributed by atoms with E-state index in [0.29, 0.717) is 18.7 Å². The molecule has 0 saturated heterocycles. The van der Waals surface area contributed by atoms with Crippen LogP contribution >= 0.6 is 0 Å². The van der Waals surface area contributed by atoms with Gasteiger partial charge in [0.05, 0.1) is 13.1 Å². The quantitative estimate of drug-likeness (QED) is 0.752. The lowest BCUT2D eigenvalue weighted by molar-refractivity contribution is -0.136. The topological polar surface area (TPSA) is 78.5 Å². The van der Waals surface area contributed by atoms with E-state index < -0.39 is 0 Å². The Kier molecular flexibility index (Phi) is 7.55. The van der Waals surface area contributed by atoms with Crippen LogP contribution in [0.5, 0.6) is 0 Å². The highest BCUT2D eigenvalue weighted by Crippen LogP contribution is 2.09. The summed E-state index contributed by atoms with van der Waals surface area (Å²) >= 11 is 0. The van der Waals surface area contributed by atoms with Crippen LogP contribution in [0.4, 0.5) is 5.69 Å². The predicted octanol–water partition coefficient (Wildman–Crippen LogP) is 2.49. The van der Waals surface area contributed by atoms with Gasteiger partial charge in [-0.05, 0) is 30.2 Å². The summed E-state index contributed by atoms with van der Waals surface area (Å²) in [5.74, 6) is -0.796. The zero-order valence-corrected chi connectivity index (χ0v) is 15.7. The van der Waals surface area contributed by atoms with Crippen LogP contribution in [0.25, 0.3) is 0 Å². The molecule has 0 saturated carbocycles. The number of nitrogens with zero attached hydrogens (tertiary/aromatic N) is 1. The summed E-state index contributed by atoms with van der Waals surface area (Å²) < 4.78 is 0. The maximum absolute atomic E-state index is 12.2. The summed E-state index contributed by atoms with van der Waals surface area (Å²) in [6.45, 7) is 3.82. The number of aryl methyl sites for hydroxylation is 1. The second kappa shape index (κ2) is 10.1. The molecule has 2 N–H and O–H groups in total. The number of amides is 3. The summed E-state index contributed by atoms with van der Waals surface area (Å²) in [6, 6.07) is 16.9. The number of anilines is 1. The van der Waals surface area contributed by atoms with E-state index in [1.54, 1.807) is 13.0 Å². The van der Waals surface area contributed by atoms with E-state index in [-0.39, 0.29) is 30.8 Å². The van der Waals surface area contributed by atoms with Gasteiger partial charge in [-0.1, -0.05) is 49.4 Å². The minimum absolute atomic E-state index is 0.0840. The van der Waals surface area contributed by atoms with Gasteiger partial charge in [-0.2, -0.15) is 0 Å². The molecular weight excluding hydrogens is 342 g/mol. The molecular formula is C21H25N3O3. The third-order valence-corrected chi connectivity index (χ3v) is 3.95. The summed E-state index contributed by atoms with van der Waals surface area (Å²) in [5, 5.41) is 5.30. The number of carbonyl (C=O) groups excluding carboxylic acids is 3. The molecule has 0 radical (unpaired) electrons. The number of hydrogen-bond acceptors (Lipinski definition) is 3. The van der Waals surface area contributed by atoms with Crippen LogP contribution in [-0.4, -0.2) is 35.7 Å². The second-order valence-corrected chi connectivity index (χ2v) is 6.28. The number of nitrogens with one attached hydrogen (secondary N) is 2. The number of benzene rings is 2.